The molecule has 0 unspecified atom stereocenters. The lowest BCUT2D eigenvalue weighted by Crippen LogP contribution is -2.24. The molecule has 2 rings (SSSR count). The molecule has 2 aromatic carbocycles. The van der Waals surface area contributed by atoms with Gasteiger partial charge < -0.3 is 10.1 Å². The summed E-state index contributed by atoms with van der Waals surface area (Å²) in [5.74, 6) is 0.216. The lowest BCUT2D eigenvalue weighted by atomic mass is 10.2. The van der Waals surface area contributed by atoms with Crippen molar-refractivity contribution >= 4 is 33.2 Å². The van der Waals surface area contributed by atoms with Gasteiger partial charge >= 0.3 is 0 Å². The Balaban J connectivity index is 2.16. The molecule has 0 saturated heterocycles. The minimum atomic E-state index is -3.79. The highest BCUT2D eigenvalue weighted by Crippen LogP contribution is 2.28. The normalized spacial score (nSPS) is 11.0. The molecule has 0 bridgehead atoms. The summed E-state index contributed by atoms with van der Waals surface area (Å²) in [4.78, 5) is 11.9. The molecule has 0 aromatic heterocycles. The molecule has 2 aromatic rings. The zero-order chi connectivity index (χ0) is 18.4. The fourth-order valence-electron chi connectivity index (χ4n) is 2.07. The quantitative estimate of drug-likeness (QED) is 0.769. The molecule has 6 nitrogen and oxygen atoms in total. The summed E-state index contributed by atoms with van der Waals surface area (Å²) in [7, 11) is -2.31. The number of carbonyl (C=O) groups is 1. The molecule has 0 aliphatic rings. The van der Waals surface area contributed by atoms with E-state index in [2.05, 4.69) is 10.0 Å². The summed E-state index contributed by atoms with van der Waals surface area (Å²) in [5, 5.41) is 3.03. The summed E-state index contributed by atoms with van der Waals surface area (Å²) < 4.78 is 32.3. The molecule has 0 atom stereocenters. The van der Waals surface area contributed by atoms with Crippen LogP contribution in [0.4, 0.5) is 5.69 Å². The van der Waals surface area contributed by atoms with Gasteiger partial charge in [-0.15, -0.1) is 0 Å². The van der Waals surface area contributed by atoms with Crippen molar-refractivity contribution in [3.8, 4) is 5.75 Å². The van der Waals surface area contributed by atoms with Crippen molar-refractivity contribution in [1.82, 2.24) is 5.32 Å². The summed E-state index contributed by atoms with van der Waals surface area (Å²) in [6.07, 6.45) is 0.826. The van der Waals surface area contributed by atoms with Crippen LogP contribution in [0, 0.1) is 0 Å². The topological polar surface area (TPSA) is 84.5 Å². The third-order valence-corrected chi connectivity index (χ3v) is 5.06. The van der Waals surface area contributed by atoms with Gasteiger partial charge in [-0.2, -0.15) is 0 Å². The van der Waals surface area contributed by atoms with E-state index in [1.54, 1.807) is 12.1 Å². The highest BCUT2D eigenvalue weighted by molar-refractivity contribution is 7.92. The standard InChI is InChI=1S/C17H19ClN2O4S/c1-3-10-19-17(21)12-4-7-14(8-5-12)25(22,23)20-13-6-9-16(24-2)15(18)11-13/h4-9,11,20H,3,10H2,1-2H3,(H,19,21). The molecule has 0 radical (unpaired) electrons. The van der Waals surface area contributed by atoms with E-state index in [-0.39, 0.29) is 10.8 Å². The number of benzene rings is 2. The molecule has 0 saturated carbocycles. The predicted molar refractivity (Wildman–Crippen MR) is 97.9 cm³/mol. The van der Waals surface area contributed by atoms with Crippen LogP contribution in [-0.2, 0) is 10.0 Å². The second-order valence-corrected chi connectivity index (χ2v) is 7.32. The van der Waals surface area contributed by atoms with E-state index in [0.29, 0.717) is 28.6 Å². The largest absolute Gasteiger partial charge is 0.495 e. The average Bonchev–Trinajstić information content (AvgIpc) is 2.59. The fourth-order valence-corrected chi connectivity index (χ4v) is 3.38. The Labute approximate surface area is 152 Å². The van der Waals surface area contributed by atoms with Gasteiger partial charge in [0.25, 0.3) is 15.9 Å². The number of halogens is 1. The summed E-state index contributed by atoms with van der Waals surface area (Å²) >= 11 is 6.00. The molecule has 0 aliphatic heterocycles. The maximum absolute atomic E-state index is 12.4. The Kier molecular flexibility index (Phi) is 6.27. The van der Waals surface area contributed by atoms with Crippen molar-refractivity contribution in [1.29, 1.82) is 0 Å². The second kappa shape index (κ2) is 8.22. The molecule has 2 N–H and O–H groups in total. The van der Waals surface area contributed by atoms with E-state index >= 15 is 0 Å². The maximum Gasteiger partial charge on any atom is 0.261 e. The first kappa shape index (κ1) is 19.1. The van der Waals surface area contributed by atoms with Gasteiger partial charge in [0.2, 0.25) is 0 Å². The fraction of sp³-hybridized carbons (Fsp3) is 0.235. The first-order valence-corrected chi connectivity index (χ1v) is 9.48. The second-order valence-electron chi connectivity index (χ2n) is 5.24. The van der Waals surface area contributed by atoms with Gasteiger partial charge in [0.05, 0.1) is 22.7 Å². The van der Waals surface area contributed by atoms with Gasteiger partial charge in [-0.3, -0.25) is 9.52 Å². The molecular weight excluding hydrogens is 364 g/mol. The molecule has 0 heterocycles. The van der Waals surface area contributed by atoms with Crippen molar-refractivity contribution in [2.24, 2.45) is 0 Å². The van der Waals surface area contributed by atoms with Gasteiger partial charge in [0.15, 0.2) is 0 Å². The number of anilines is 1. The number of carbonyl (C=O) groups excluding carboxylic acids is 1. The van der Waals surface area contributed by atoms with Crippen molar-refractivity contribution in [2.45, 2.75) is 18.2 Å². The van der Waals surface area contributed by atoms with Crippen LogP contribution >= 0.6 is 11.6 Å². The molecule has 25 heavy (non-hydrogen) atoms. The molecule has 0 fully saturated rings. The van der Waals surface area contributed by atoms with Crippen molar-refractivity contribution < 1.29 is 17.9 Å². The lowest BCUT2D eigenvalue weighted by molar-refractivity contribution is 0.0953. The zero-order valence-electron chi connectivity index (χ0n) is 13.9. The summed E-state index contributed by atoms with van der Waals surface area (Å²) in [6.45, 7) is 2.52. The number of sulfonamides is 1. The zero-order valence-corrected chi connectivity index (χ0v) is 15.4. The Morgan fingerprint density at radius 3 is 2.40 bits per heavy atom. The number of ether oxygens (including phenoxy) is 1. The molecule has 0 aliphatic carbocycles. The molecule has 0 spiro atoms. The summed E-state index contributed by atoms with van der Waals surface area (Å²) in [5.41, 5.74) is 0.718. The number of methoxy groups -OCH3 is 1. The Hall–Kier alpha value is -2.25. The van der Waals surface area contributed by atoms with Crippen LogP contribution in [-0.4, -0.2) is 28.0 Å². The monoisotopic (exact) mass is 382 g/mol. The minimum absolute atomic E-state index is 0.0477. The smallest absolute Gasteiger partial charge is 0.261 e. The van der Waals surface area contributed by atoms with Crippen molar-refractivity contribution in [3.63, 3.8) is 0 Å². The summed E-state index contributed by atoms with van der Waals surface area (Å²) in [6, 6.07) is 10.3. The average molecular weight is 383 g/mol. The number of hydrogen-bond acceptors (Lipinski definition) is 4. The van der Waals surface area contributed by atoms with Crippen molar-refractivity contribution in [3.05, 3.63) is 53.1 Å². The van der Waals surface area contributed by atoms with E-state index in [0.717, 1.165) is 6.42 Å². The molecular formula is C17H19ClN2O4S. The van der Waals surface area contributed by atoms with E-state index in [1.165, 1.54) is 37.4 Å². The molecule has 134 valence electrons. The Morgan fingerprint density at radius 1 is 1.16 bits per heavy atom. The van der Waals surface area contributed by atoms with E-state index in [1.807, 2.05) is 6.92 Å². The van der Waals surface area contributed by atoms with Crippen LogP contribution in [0.15, 0.2) is 47.4 Å². The van der Waals surface area contributed by atoms with E-state index in [4.69, 9.17) is 16.3 Å². The van der Waals surface area contributed by atoms with E-state index in [9.17, 15) is 13.2 Å². The van der Waals surface area contributed by atoms with Crippen LogP contribution in [0.5, 0.6) is 5.75 Å². The van der Waals surface area contributed by atoms with Crippen LogP contribution in [0.3, 0.4) is 0 Å². The first-order chi connectivity index (χ1) is 11.9. The van der Waals surface area contributed by atoms with Crippen LogP contribution < -0.4 is 14.8 Å². The molecule has 1 amide bonds. The van der Waals surface area contributed by atoms with E-state index < -0.39 is 10.0 Å². The third-order valence-electron chi connectivity index (χ3n) is 3.37. The van der Waals surface area contributed by atoms with Crippen LogP contribution in [0.1, 0.15) is 23.7 Å². The van der Waals surface area contributed by atoms with Crippen LogP contribution in [0.2, 0.25) is 5.02 Å². The number of hydrogen-bond donors (Lipinski definition) is 2. The Bertz CT molecular complexity index is 851. The highest BCUT2D eigenvalue weighted by atomic mass is 35.5. The van der Waals surface area contributed by atoms with Gasteiger partial charge in [-0.1, -0.05) is 18.5 Å². The van der Waals surface area contributed by atoms with Crippen molar-refractivity contribution in [2.75, 3.05) is 18.4 Å². The first-order valence-electron chi connectivity index (χ1n) is 7.62. The molecule has 8 heteroatoms. The number of rotatable bonds is 7. The van der Waals surface area contributed by atoms with Gasteiger partial charge in [0.1, 0.15) is 5.75 Å². The van der Waals surface area contributed by atoms with Gasteiger partial charge in [-0.25, -0.2) is 8.42 Å². The highest BCUT2D eigenvalue weighted by Gasteiger charge is 2.16. The maximum atomic E-state index is 12.4. The third kappa shape index (κ3) is 4.87. The predicted octanol–water partition coefficient (Wildman–Crippen LogP) is 3.29. The van der Waals surface area contributed by atoms with Crippen LogP contribution in [0.25, 0.3) is 0 Å². The SMILES string of the molecule is CCCNC(=O)c1ccc(S(=O)(=O)Nc2ccc(OC)c(Cl)c2)cc1. The van der Waals surface area contributed by atoms with Gasteiger partial charge in [-0.05, 0) is 48.9 Å². The minimum Gasteiger partial charge on any atom is -0.495 e. The lowest BCUT2D eigenvalue weighted by Gasteiger charge is -2.10. The van der Waals surface area contributed by atoms with Gasteiger partial charge in [0, 0.05) is 12.1 Å². The Morgan fingerprint density at radius 2 is 1.84 bits per heavy atom. The number of amides is 1. The number of nitrogens with one attached hydrogen (secondary N) is 2.